The normalized spacial score (nSPS) is 12.5. The second-order valence-corrected chi connectivity index (χ2v) is 5.90. The Morgan fingerprint density at radius 3 is 2.68 bits per heavy atom. The maximum absolute atomic E-state index is 12.5. The number of rotatable bonds is 5. The molecule has 0 aliphatic rings. The van der Waals surface area contributed by atoms with Gasteiger partial charge in [0, 0.05) is 6.04 Å². The lowest BCUT2D eigenvalue weighted by Gasteiger charge is -2.12. The van der Waals surface area contributed by atoms with Gasteiger partial charge in [0.15, 0.2) is 17.5 Å². The number of ether oxygens (including phenoxy) is 1. The first-order valence-corrected chi connectivity index (χ1v) is 7.81. The molecule has 25 heavy (non-hydrogen) atoms. The van der Waals surface area contributed by atoms with Gasteiger partial charge in [-0.3, -0.25) is 4.79 Å². The number of pyridine rings is 1. The van der Waals surface area contributed by atoms with Gasteiger partial charge in [0.05, 0.1) is 23.4 Å². The van der Waals surface area contributed by atoms with Crippen LogP contribution in [0.5, 0.6) is 0 Å². The Morgan fingerprint density at radius 1 is 1.32 bits per heavy atom. The van der Waals surface area contributed by atoms with Crippen LogP contribution in [0.25, 0.3) is 22.5 Å². The zero-order valence-corrected chi connectivity index (χ0v) is 14.1. The molecule has 0 saturated heterocycles. The maximum Gasteiger partial charge on any atom is 0.339 e. The number of nitrogens with two attached hydrogens (primary N) is 1. The molecule has 0 fully saturated rings. The largest absolute Gasteiger partial charge is 0.463 e. The van der Waals surface area contributed by atoms with Gasteiger partial charge in [-0.1, -0.05) is 0 Å². The summed E-state index contributed by atoms with van der Waals surface area (Å²) in [7, 11) is 0. The zero-order valence-electron chi connectivity index (χ0n) is 14.1. The van der Waals surface area contributed by atoms with E-state index in [0.717, 1.165) is 0 Å². The average molecular weight is 342 g/mol. The predicted molar refractivity (Wildman–Crippen MR) is 89.7 cm³/mol. The molecule has 0 aliphatic carbocycles. The van der Waals surface area contributed by atoms with Crippen molar-refractivity contribution in [2.24, 2.45) is 5.73 Å². The smallest absolute Gasteiger partial charge is 0.339 e. The van der Waals surface area contributed by atoms with Gasteiger partial charge in [-0.15, -0.1) is 0 Å². The summed E-state index contributed by atoms with van der Waals surface area (Å²) in [6.45, 7) is 5.34. The van der Waals surface area contributed by atoms with E-state index in [0.29, 0.717) is 22.5 Å². The van der Waals surface area contributed by atoms with E-state index in [1.807, 2.05) is 13.8 Å². The van der Waals surface area contributed by atoms with Gasteiger partial charge in [0.25, 0.3) is 5.91 Å². The van der Waals surface area contributed by atoms with E-state index in [9.17, 15) is 9.59 Å². The van der Waals surface area contributed by atoms with Crippen molar-refractivity contribution in [1.82, 2.24) is 14.8 Å². The van der Waals surface area contributed by atoms with Gasteiger partial charge in [0.1, 0.15) is 5.69 Å². The molecular weight excluding hydrogens is 324 g/mol. The molecule has 8 nitrogen and oxygen atoms in total. The number of esters is 1. The monoisotopic (exact) mass is 342 g/mol. The van der Waals surface area contributed by atoms with E-state index in [2.05, 4.69) is 10.1 Å². The van der Waals surface area contributed by atoms with Crippen molar-refractivity contribution in [1.29, 1.82) is 0 Å². The van der Waals surface area contributed by atoms with Gasteiger partial charge in [-0.05, 0) is 39.0 Å². The number of amides is 1. The van der Waals surface area contributed by atoms with Gasteiger partial charge in [-0.2, -0.15) is 5.10 Å². The van der Waals surface area contributed by atoms with Gasteiger partial charge in [0.2, 0.25) is 0 Å². The first kappa shape index (κ1) is 16.7. The standard InChI is InChI=1S/C17H18N4O4/c1-9(2)21-16-12(8-19-21)11(17(23)25-10(3)15(18)22)7-13(20-16)14-5-4-6-24-14/h4-10H,1-3H3,(H2,18,22)/t10-/m1/s1. The number of carbonyl (C=O) groups excluding carboxylic acids is 2. The molecule has 130 valence electrons. The summed E-state index contributed by atoms with van der Waals surface area (Å²) in [5.41, 5.74) is 6.41. The molecule has 0 spiro atoms. The lowest BCUT2D eigenvalue weighted by atomic mass is 10.1. The van der Waals surface area contributed by atoms with E-state index < -0.39 is 18.0 Å². The highest BCUT2D eigenvalue weighted by atomic mass is 16.5. The first-order chi connectivity index (χ1) is 11.9. The Kier molecular flexibility index (Phi) is 4.26. The lowest BCUT2D eigenvalue weighted by molar-refractivity contribution is -0.125. The second-order valence-electron chi connectivity index (χ2n) is 5.90. The highest BCUT2D eigenvalue weighted by Gasteiger charge is 2.23. The van der Waals surface area contributed by atoms with Crippen molar-refractivity contribution >= 4 is 22.9 Å². The number of hydrogen-bond donors (Lipinski definition) is 1. The van der Waals surface area contributed by atoms with E-state index in [-0.39, 0.29) is 11.6 Å². The van der Waals surface area contributed by atoms with Crippen LogP contribution in [-0.4, -0.2) is 32.7 Å². The molecule has 3 heterocycles. The van der Waals surface area contributed by atoms with Crippen LogP contribution < -0.4 is 5.73 Å². The molecule has 2 N–H and O–H groups in total. The second kappa shape index (κ2) is 6.39. The first-order valence-electron chi connectivity index (χ1n) is 7.81. The summed E-state index contributed by atoms with van der Waals surface area (Å²) < 4.78 is 12.2. The fourth-order valence-corrected chi connectivity index (χ4v) is 2.40. The van der Waals surface area contributed by atoms with E-state index in [4.69, 9.17) is 14.9 Å². The summed E-state index contributed by atoms with van der Waals surface area (Å²) in [6.07, 6.45) is 2.04. The van der Waals surface area contributed by atoms with Crippen molar-refractivity contribution in [2.75, 3.05) is 0 Å². The summed E-state index contributed by atoms with van der Waals surface area (Å²) in [5, 5.41) is 4.83. The van der Waals surface area contributed by atoms with Crippen molar-refractivity contribution in [3.63, 3.8) is 0 Å². The number of nitrogens with zero attached hydrogens (tertiary/aromatic N) is 3. The Balaban J connectivity index is 2.16. The molecule has 8 heteroatoms. The van der Waals surface area contributed by atoms with E-state index in [1.165, 1.54) is 13.2 Å². The third-order valence-corrected chi connectivity index (χ3v) is 3.73. The molecular formula is C17H18N4O4. The fraction of sp³-hybridized carbons (Fsp3) is 0.294. The Labute approximate surface area is 143 Å². The Morgan fingerprint density at radius 2 is 2.08 bits per heavy atom. The number of furan rings is 1. The van der Waals surface area contributed by atoms with Crippen LogP contribution in [0.2, 0.25) is 0 Å². The highest BCUT2D eigenvalue weighted by Crippen LogP contribution is 2.27. The van der Waals surface area contributed by atoms with Crippen LogP contribution in [0.1, 0.15) is 37.2 Å². The van der Waals surface area contributed by atoms with Gasteiger partial charge in [-0.25, -0.2) is 14.5 Å². The molecule has 0 saturated carbocycles. The molecule has 3 rings (SSSR count). The number of aromatic nitrogens is 3. The Hall–Kier alpha value is -3.16. The fourth-order valence-electron chi connectivity index (χ4n) is 2.40. The third kappa shape index (κ3) is 3.10. The van der Waals surface area contributed by atoms with Crippen LogP contribution >= 0.6 is 0 Å². The molecule has 1 atom stereocenters. The van der Waals surface area contributed by atoms with Crippen molar-refractivity contribution in [3.8, 4) is 11.5 Å². The topological polar surface area (TPSA) is 113 Å². The number of carbonyl (C=O) groups is 2. The van der Waals surface area contributed by atoms with Crippen LogP contribution in [0, 0.1) is 0 Å². The van der Waals surface area contributed by atoms with Crippen molar-refractivity contribution in [2.45, 2.75) is 32.9 Å². The summed E-state index contributed by atoms with van der Waals surface area (Å²) in [6, 6.07) is 5.08. The number of fused-ring (bicyclic) bond motifs is 1. The van der Waals surface area contributed by atoms with Crippen LogP contribution in [-0.2, 0) is 9.53 Å². The van der Waals surface area contributed by atoms with Crippen molar-refractivity contribution in [3.05, 3.63) is 36.2 Å². The van der Waals surface area contributed by atoms with Gasteiger partial charge < -0.3 is 14.9 Å². The third-order valence-electron chi connectivity index (χ3n) is 3.73. The summed E-state index contributed by atoms with van der Waals surface area (Å²) in [5.74, 6) is -0.881. The number of hydrogen-bond acceptors (Lipinski definition) is 6. The van der Waals surface area contributed by atoms with Crippen LogP contribution in [0.15, 0.2) is 35.1 Å². The summed E-state index contributed by atoms with van der Waals surface area (Å²) in [4.78, 5) is 28.3. The van der Waals surface area contributed by atoms with E-state index in [1.54, 1.807) is 29.1 Å². The quantitative estimate of drug-likeness (QED) is 0.712. The predicted octanol–water partition coefficient (Wildman–Crippen LogP) is 2.30. The minimum absolute atomic E-state index is 0.0465. The molecule has 3 aromatic rings. The lowest BCUT2D eigenvalue weighted by Crippen LogP contribution is -2.30. The SMILES string of the molecule is CC(C)n1ncc2c(C(=O)O[C@H](C)C(N)=O)cc(-c3ccco3)nc21. The highest BCUT2D eigenvalue weighted by molar-refractivity contribution is 6.04. The molecule has 0 bridgehead atoms. The zero-order chi connectivity index (χ0) is 18.1. The molecule has 1 amide bonds. The van der Waals surface area contributed by atoms with Crippen LogP contribution in [0.3, 0.4) is 0 Å². The maximum atomic E-state index is 12.5. The molecule has 0 unspecified atom stereocenters. The molecule has 0 aromatic carbocycles. The Bertz CT molecular complexity index is 928. The minimum atomic E-state index is -1.04. The van der Waals surface area contributed by atoms with Crippen molar-refractivity contribution < 1.29 is 18.7 Å². The number of primary amides is 1. The van der Waals surface area contributed by atoms with Gasteiger partial charge >= 0.3 is 5.97 Å². The van der Waals surface area contributed by atoms with E-state index >= 15 is 0 Å². The molecule has 0 aliphatic heterocycles. The van der Waals surface area contributed by atoms with Crippen LogP contribution in [0.4, 0.5) is 0 Å². The summed E-state index contributed by atoms with van der Waals surface area (Å²) >= 11 is 0. The molecule has 0 radical (unpaired) electrons. The molecule has 3 aromatic heterocycles. The minimum Gasteiger partial charge on any atom is -0.463 e. The average Bonchev–Trinajstić information content (AvgIpc) is 3.22.